The van der Waals surface area contributed by atoms with Gasteiger partial charge >= 0.3 is 0 Å². The number of hydrogen-bond acceptors (Lipinski definition) is 2. The highest BCUT2D eigenvalue weighted by Gasteiger charge is 2.50. The molecule has 2 N–H and O–H groups in total. The predicted octanol–water partition coefficient (Wildman–Crippen LogP) is 8.01. The molecule has 0 fully saturated rings. The molecule has 1 aromatic carbocycles. The molecule has 0 saturated carbocycles. The van der Waals surface area contributed by atoms with Crippen LogP contribution in [-0.2, 0) is 10.8 Å². The van der Waals surface area contributed by atoms with Gasteiger partial charge in [0, 0.05) is 11.0 Å². The normalized spacial score (nSPS) is 25.3. The second kappa shape index (κ2) is 8.74. The van der Waals surface area contributed by atoms with E-state index in [1.807, 2.05) is 12.1 Å². The SMILES string of the molecule is CCCCCCC(C)(C)c1cc(O)c([C@]2(C)C=C(C)CC[C@]2(C)C(C)C)c(O)c1. The fourth-order valence-electron chi connectivity index (χ4n) is 5.37. The van der Waals surface area contributed by atoms with Crippen LogP contribution in [0.2, 0.25) is 0 Å². The van der Waals surface area contributed by atoms with Crippen LogP contribution in [0, 0.1) is 11.3 Å². The van der Waals surface area contributed by atoms with E-state index in [2.05, 4.69) is 61.5 Å². The fourth-order valence-corrected chi connectivity index (χ4v) is 5.37. The van der Waals surface area contributed by atoms with E-state index in [1.54, 1.807) is 0 Å². The van der Waals surface area contributed by atoms with Crippen molar-refractivity contribution in [3.63, 3.8) is 0 Å². The summed E-state index contributed by atoms with van der Waals surface area (Å²) in [5.41, 5.74) is 2.56. The minimum atomic E-state index is -0.401. The largest absolute Gasteiger partial charge is 0.507 e. The van der Waals surface area contributed by atoms with Crippen molar-refractivity contribution in [2.45, 2.75) is 111 Å². The zero-order chi connectivity index (χ0) is 22.0. The first kappa shape index (κ1) is 23.8. The van der Waals surface area contributed by atoms with Crippen molar-refractivity contribution < 1.29 is 10.2 Å². The van der Waals surface area contributed by atoms with Gasteiger partial charge in [-0.2, -0.15) is 0 Å². The third-order valence-electron chi connectivity index (χ3n) is 8.09. The molecule has 0 aromatic heterocycles. The van der Waals surface area contributed by atoms with Gasteiger partial charge < -0.3 is 10.2 Å². The molecule has 1 aliphatic carbocycles. The van der Waals surface area contributed by atoms with Crippen molar-refractivity contribution in [3.8, 4) is 11.5 Å². The highest BCUT2D eigenvalue weighted by Crippen LogP contribution is 2.58. The van der Waals surface area contributed by atoms with Crippen LogP contribution >= 0.6 is 0 Å². The summed E-state index contributed by atoms with van der Waals surface area (Å²) in [6, 6.07) is 3.83. The topological polar surface area (TPSA) is 40.5 Å². The lowest BCUT2D eigenvalue weighted by molar-refractivity contribution is 0.0953. The maximum atomic E-state index is 11.2. The highest BCUT2D eigenvalue weighted by molar-refractivity contribution is 5.56. The van der Waals surface area contributed by atoms with Crippen LogP contribution in [-0.4, -0.2) is 10.2 Å². The van der Waals surface area contributed by atoms with Gasteiger partial charge in [-0.05, 0) is 60.6 Å². The van der Waals surface area contributed by atoms with E-state index < -0.39 is 5.41 Å². The molecule has 0 spiro atoms. The van der Waals surface area contributed by atoms with Crippen LogP contribution < -0.4 is 0 Å². The molecule has 1 aliphatic rings. The highest BCUT2D eigenvalue weighted by atomic mass is 16.3. The molecule has 0 radical (unpaired) electrons. The zero-order valence-electron chi connectivity index (χ0n) is 20.2. The Balaban J connectivity index is 2.49. The van der Waals surface area contributed by atoms with E-state index in [0.717, 1.165) is 24.8 Å². The third-order valence-corrected chi connectivity index (χ3v) is 8.09. The van der Waals surface area contributed by atoms with Gasteiger partial charge in [-0.15, -0.1) is 0 Å². The van der Waals surface area contributed by atoms with Crippen LogP contribution in [0.25, 0.3) is 0 Å². The van der Waals surface area contributed by atoms with E-state index in [-0.39, 0.29) is 22.3 Å². The maximum Gasteiger partial charge on any atom is 0.123 e. The number of aromatic hydroxyl groups is 2. The summed E-state index contributed by atoms with van der Waals surface area (Å²) in [6.45, 7) is 17.9. The Morgan fingerprint density at radius 3 is 2.14 bits per heavy atom. The number of hydrogen-bond donors (Lipinski definition) is 2. The van der Waals surface area contributed by atoms with E-state index in [9.17, 15) is 10.2 Å². The smallest absolute Gasteiger partial charge is 0.123 e. The second-order valence-electron chi connectivity index (χ2n) is 10.8. The molecular formula is C27H44O2. The predicted molar refractivity (Wildman–Crippen MR) is 125 cm³/mol. The Morgan fingerprint density at radius 2 is 1.62 bits per heavy atom. The molecule has 2 rings (SSSR count). The van der Waals surface area contributed by atoms with E-state index in [0.29, 0.717) is 11.5 Å². The second-order valence-corrected chi connectivity index (χ2v) is 10.8. The van der Waals surface area contributed by atoms with Crippen molar-refractivity contribution in [3.05, 3.63) is 34.9 Å². The number of rotatable bonds is 8. The fraction of sp³-hybridized carbons (Fsp3) is 0.704. The molecule has 1 aromatic rings. The average molecular weight is 401 g/mol. The van der Waals surface area contributed by atoms with Gasteiger partial charge in [0.05, 0.1) is 0 Å². The first-order valence-electron chi connectivity index (χ1n) is 11.6. The quantitative estimate of drug-likeness (QED) is 0.343. The minimum Gasteiger partial charge on any atom is -0.507 e. The first-order chi connectivity index (χ1) is 13.4. The molecule has 0 amide bonds. The molecule has 0 unspecified atom stereocenters. The zero-order valence-corrected chi connectivity index (χ0v) is 20.2. The van der Waals surface area contributed by atoms with Gasteiger partial charge in [0.1, 0.15) is 11.5 Å². The maximum absolute atomic E-state index is 11.2. The Kier molecular flexibility index (Phi) is 7.18. The Bertz CT molecular complexity index is 720. The number of phenols is 2. The summed E-state index contributed by atoms with van der Waals surface area (Å²) in [7, 11) is 0. The lowest BCUT2D eigenvalue weighted by Gasteiger charge is -2.51. The standard InChI is InChI=1S/C27H44O2/c1-9-10-11-12-14-25(5,6)21-16-22(28)24(23(29)17-21)27(8)18-20(4)13-15-26(27,7)19(2)3/h16-19,28-29H,9-15H2,1-8H3/t26-,27+/m1/s1. The third kappa shape index (κ3) is 4.52. The molecule has 164 valence electrons. The lowest BCUT2D eigenvalue weighted by Crippen LogP contribution is -2.46. The van der Waals surface area contributed by atoms with Crippen molar-refractivity contribution >= 4 is 0 Å². The van der Waals surface area contributed by atoms with Crippen LogP contribution in [0.5, 0.6) is 11.5 Å². The molecule has 0 aliphatic heterocycles. The number of benzene rings is 1. The van der Waals surface area contributed by atoms with Gasteiger partial charge in [0.25, 0.3) is 0 Å². The van der Waals surface area contributed by atoms with E-state index in [4.69, 9.17) is 0 Å². The number of unbranched alkanes of at least 4 members (excludes halogenated alkanes) is 3. The Morgan fingerprint density at radius 1 is 1.03 bits per heavy atom. The molecular weight excluding hydrogens is 356 g/mol. The summed E-state index contributed by atoms with van der Waals surface area (Å²) in [6.07, 6.45) is 10.4. The summed E-state index contributed by atoms with van der Waals surface area (Å²) in [5, 5.41) is 22.3. The monoisotopic (exact) mass is 400 g/mol. The summed E-state index contributed by atoms with van der Waals surface area (Å²) < 4.78 is 0. The Labute approximate surface area is 179 Å². The van der Waals surface area contributed by atoms with Crippen LogP contribution in [0.15, 0.2) is 23.8 Å². The number of phenolic OH excluding ortho intramolecular Hbond substituents is 2. The van der Waals surface area contributed by atoms with Gasteiger partial charge in [-0.3, -0.25) is 0 Å². The van der Waals surface area contributed by atoms with Crippen LogP contribution in [0.1, 0.15) is 111 Å². The summed E-state index contributed by atoms with van der Waals surface area (Å²) in [5.74, 6) is 0.911. The summed E-state index contributed by atoms with van der Waals surface area (Å²) >= 11 is 0. The molecule has 0 saturated heterocycles. The molecule has 2 heteroatoms. The van der Waals surface area contributed by atoms with Crippen LogP contribution in [0.3, 0.4) is 0 Å². The molecule has 29 heavy (non-hydrogen) atoms. The van der Waals surface area contributed by atoms with Gasteiger partial charge in [0.2, 0.25) is 0 Å². The van der Waals surface area contributed by atoms with Crippen LogP contribution in [0.4, 0.5) is 0 Å². The first-order valence-corrected chi connectivity index (χ1v) is 11.6. The van der Waals surface area contributed by atoms with Gasteiger partial charge in [-0.1, -0.05) is 85.8 Å². The minimum absolute atomic E-state index is 0.0291. The van der Waals surface area contributed by atoms with Crippen molar-refractivity contribution in [1.29, 1.82) is 0 Å². The van der Waals surface area contributed by atoms with E-state index >= 15 is 0 Å². The number of allylic oxidation sites excluding steroid dienone is 2. The van der Waals surface area contributed by atoms with Crippen molar-refractivity contribution in [2.75, 3.05) is 0 Å². The van der Waals surface area contributed by atoms with Crippen molar-refractivity contribution in [2.24, 2.45) is 11.3 Å². The molecule has 0 bridgehead atoms. The summed E-state index contributed by atoms with van der Waals surface area (Å²) in [4.78, 5) is 0. The Hall–Kier alpha value is -1.44. The lowest BCUT2D eigenvalue weighted by atomic mass is 9.52. The van der Waals surface area contributed by atoms with Gasteiger partial charge in [0.15, 0.2) is 0 Å². The molecule has 2 atom stereocenters. The van der Waals surface area contributed by atoms with Gasteiger partial charge in [-0.25, -0.2) is 0 Å². The molecule has 2 nitrogen and oxygen atoms in total. The molecule has 0 heterocycles. The van der Waals surface area contributed by atoms with E-state index in [1.165, 1.54) is 31.3 Å². The van der Waals surface area contributed by atoms with Crippen molar-refractivity contribution in [1.82, 2.24) is 0 Å². The average Bonchev–Trinajstić information content (AvgIpc) is 2.61.